The Balaban J connectivity index is 2.29. The van der Waals surface area contributed by atoms with Crippen molar-refractivity contribution in [3.8, 4) is 6.07 Å². The maximum atomic E-state index is 11.5. The smallest absolute Gasteiger partial charge is 0.239 e. The van der Waals surface area contributed by atoms with Crippen molar-refractivity contribution < 1.29 is 4.79 Å². The van der Waals surface area contributed by atoms with Crippen LogP contribution >= 0.6 is 0 Å². The molecule has 1 aromatic rings. The fraction of sp³-hybridized carbons (Fsp3) is 0.417. The van der Waals surface area contributed by atoms with Crippen molar-refractivity contribution in [1.29, 1.82) is 5.26 Å². The number of pyridine rings is 1. The Kier molecular flexibility index (Phi) is 3.24. The molecule has 0 radical (unpaired) electrons. The van der Waals surface area contributed by atoms with Gasteiger partial charge in [-0.15, -0.1) is 0 Å². The second-order valence-electron chi connectivity index (χ2n) is 4.09. The Bertz CT molecular complexity index is 478. The maximum absolute atomic E-state index is 11.5. The fourth-order valence-corrected chi connectivity index (χ4v) is 1.88. The van der Waals surface area contributed by atoms with Crippen LogP contribution in [0.15, 0.2) is 12.1 Å². The van der Waals surface area contributed by atoms with E-state index in [9.17, 15) is 4.79 Å². The number of nitrogens with zero attached hydrogens (tertiary/aromatic N) is 3. The molecule has 1 saturated heterocycles. The highest BCUT2D eigenvalue weighted by Gasteiger charge is 2.16. The van der Waals surface area contributed by atoms with Gasteiger partial charge in [0.2, 0.25) is 5.91 Å². The summed E-state index contributed by atoms with van der Waals surface area (Å²) in [5, 5.41) is 11.7. The third-order valence-electron chi connectivity index (χ3n) is 2.65. The molecular formula is C12H14N4O. The summed E-state index contributed by atoms with van der Waals surface area (Å²) in [6.07, 6.45) is 0.892. The largest absolute Gasteiger partial charge is 0.354 e. The van der Waals surface area contributed by atoms with E-state index in [1.807, 2.05) is 11.8 Å². The van der Waals surface area contributed by atoms with Crippen LogP contribution < -0.4 is 10.2 Å². The van der Waals surface area contributed by atoms with E-state index in [-0.39, 0.29) is 5.91 Å². The van der Waals surface area contributed by atoms with Gasteiger partial charge < -0.3 is 10.2 Å². The molecule has 0 saturated carbocycles. The SMILES string of the molecule is Cc1cc(C#N)cc(N2CCCNC(=O)C2)n1. The molecule has 88 valence electrons. The van der Waals surface area contributed by atoms with Crippen LogP contribution in [0.25, 0.3) is 0 Å². The number of hydrogen-bond acceptors (Lipinski definition) is 4. The number of rotatable bonds is 1. The topological polar surface area (TPSA) is 69.0 Å². The van der Waals surface area contributed by atoms with E-state index in [4.69, 9.17) is 5.26 Å². The molecule has 1 aliphatic rings. The first-order valence-corrected chi connectivity index (χ1v) is 5.59. The highest BCUT2D eigenvalue weighted by atomic mass is 16.2. The average Bonchev–Trinajstić information content (AvgIpc) is 2.53. The molecule has 0 unspecified atom stereocenters. The molecular weight excluding hydrogens is 216 g/mol. The predicted molar refractivity (Wildman–Crippen MR) is 63.5 cm³/mol. The van der Waals surface area contributed by atoms with Gasteiger partial charge in [-0.05, 0) is 25.5 Å². The third kappa shape index (κ3) is 2.72. The summed E-state index contributed by atoms with van der Waals surface area (Å²) < 4.78 is 0. The van der Waals surface area contributed by atoms with Gasteiger partial charge in [0.15, 0.2) is 0 Å². The summed E-state index contributed by atoms with van der Waals surface area (Å²) in [5.41, 5.74) is 1.38. The van der Waals surface area contributed by atoms with Crippen molar-refractivity contribution >= 4 is 11.7 Å². The van der Waals surface area contributed by atoms with Gasteiger partial charge in [-0.2, -0.15) is 5.26 Å². The Morgan fingerprint density at radius 2 is 2.35 bits per heavy atom. The van der Waals surface area contributed by atoms with E-state index in [2.05, 4.69) is 16.4 Å². The van der Waals surface area contributed by atoms with Gasteiger partial charge in [-0.3, -0.25) is 4.79 Å². The van der Waals surface area contributed by atoms with Crippen molar-refractivity contribution in [2.45, 2.75) is 13.3 Å². The minimum atomic E-state index is 0.00399. The monoisotopic (exact) mass is 230 g/mol. The predicted octanol–water partition coefficient (Wildman–Crippen LogP) is 0.588. The van der Waals surface area contributed by atoms with Crippen molar-refractivity contribution in [3.63, 3.8) is 0 Å². The van der Waals surface area contributed by atoms with Crippen LogP contribution in [0, 0.1) is 18.3 Å². The van der Waals surface area contributed by atoms with Gasteiger partial charge >= 0.3 is 0 Å². The van der Waals surface area contributed by atoms with E-state index < -0.39 is 0 Å². The first-order valence-electron chi connectivity index (χ1n) is 5.59. The van der Waals surface area contributed by atoms with E-state index in [1.165, 1.54) is 0 Å². The fourth-order valence-electron chi connectivity index (χ4n) is 1.88. The summed E-state index contributed by atoms with van der Waals surface area (Å²) in [6.45, 7) is 3.63. The quantitative estimate of drug-likeness (QED) is 0.766. The number of carbonyl (C=O) groups excluding carboxylic acids is 1. The lowest BCUT2D eigenvalue weighted by molar-refractivity contribution is -0.119. The number of anilines is 1. The average molecular weight is 230 g/mol. The second-order valence-corrected chi connectivity index (χ2v) is 4.09. The number of aromatic nitrogens is 1. The van der Waals surface area contributed by atoms with E-state index >= 15 is 0 Å². The van der Waals surface area contributed by atoms with Gasteiger partial charge in [-0.1, -0.05) is 0 Å². The minimum Gasteiger partial charge on any atom is -0.354 e. The molecule has 0 aliphatic carbocycles. The number of aryl methyl sites for hydroxylation is 1. The standard InChI is InChI=1S/C12H14N4O/c1-9-5-10(7-13)6-11(15-9)16-4-2-3-14-12(17)8-16/h5-6H,2-4,8H2,1H3,(H,14,17). The summed E-state index contributed by atoms with van der Waals surface area (Å²) >= 11 is 0. The minimum absolute atomic E-state index is 0.00399. The highest BCUT2D eigenvalue weighted by Crippen LogP contribution is 2.15. The zero-order valence-corrected chi connectivity index (χ0v) is 9.73. The molecule has 1 amide bonds. The van der Waals surface area contributed by atoms with Crippen molar-refractivity contribution in [3.05, 3.63) is 23.4 Å². The Hall–Kier alpha value is -2.09. The Morgan fingerprint density at radius 3 is 3.12 bits per heavy atom. The number of hydrogen-bond donors (Lipinski definition) is 1. The van der Waals surface area contributed by atoms with Crippen LogP contribution in [0.2, 0.25) is 0 Å². The van der Waals surface area contributed by atoms with Crippen LogP contribution in [0.1, 0.15) is 17.7 Å². The maximum Gasteiger partial charge on any atom is 0.239 e. The van der Waals surface area contributed by atoms with Crippen LogP contribution in [-0.4, -0.2) is 30.5 Å². The van der Waals surface area contributed by atoms with E-state index in [1.54, 1.807) is 12.1 Å². The molecule has 2 heterocycles. The van der Waals surface area contributed by atoms with Crippen LogP contribution in [0.3, 0.4) is 0 Å². The van der Waals surface area contributed by atoms with Gasteiger partial charge in [0.25, 0.3) is 0 Å². The van der Waals surface area contributed by atoms with E-state index in [0.717, 1.165) is 18.7 Å². The zero-order chi connectivity index (χ0) is 12.3. The number of nitriles is 1. The Morgan fingerprint density at radius 1 is 1.53 bits per heavy atom. The lowest BCUT2D eigenvalue weighted by Gasteiger charge is -2.20. The third-order valence-corrected chi connectivity index (χ3v) is 2.65. The van der Waals surface area contributed by atoms with Gasteiger partial charge in [-0.25, -0.2) is 4.98 Å². The number of carbonyl (C=O) groups is 1. The highest BCUT2D eigenvalue weighted by molar-refractivity contribution is 5.81. The van der Waals surface area contributed by atoms with Crippen LogP contribution in [-0.2, 0) is 4.79 Å². The zero-order valence-electron chi connectivity index (χ0n) is 9.73. The second kappa shape index (κ2) is 4.83. The van der Waals surface area contributed by atoms with Crippen molar-refractivity contribution in [2.24, 2.45) is 0 Å². The summed E-state index contributed by atoms with van der Waals surface area (Å²) in [6, 6.07) is 5.57. The molecule has 17 heavy (non-hydrogen) atoms. The lowest BCUT2D eigenvalue weighted by Crippen LogP contribution is -2.33. The molecule has 1 aliphatic heterocycles. The van der Waals surface area contributed by atoms with E-state index in [0.29, 0.717) is 24.5 Å². The van der Waals surface area contributed by atoms with Crippen LogP contribution in [0.5, 0.6) is 0 Å². The molecule has 1 N–H and O–H groups in total. The van der Waals surface area contributed by atoms with Crippen LogP contribution in [0.4, 0.5) is 5.82 Å². The Labute approximate surface area is 100 Å². The molecule has 0 aromatic carbocycles. The number of nitrogens with one attached hydrogen (secondary N) is 1. The molecule has 1 fully saturated rings. The molecule has 0 spiro atoms. The molecule has 1 aromatic heterocycles. The van der Waals surface area contributed by atoms with Gasteiger partial charge in [0.05, 0.1) is 18.2 Å². The van der Waals surface area contributed by atoms with Gasteiger partial charge in [0, 0.05) is 18.8 Å². The van der Waals surface area contributed by atoms with Crippen molar-refractivity contribution in [1.82, 2.24) is 10.3 Å². The van der Waals surface area contributed by atoms with Gasteiger partial charge in [0.1, 0.15) is 5.82 Å². The normalized spacial score (nSPS) is 16.0. The first-order chi connectivity index (χ1) is 8.19. The molecule has 2 rings (SSSR count). The molecule has 5 heteroatoms. The first kappa shape index (κ1) is 11.4. The molecule has 0 bridgehead atoms. The summed E-state index contributed by atoms with van der Waals surface area (Å²) in [4.78, 5) is 17.7. The summed E-state index contributed by atoms with van der Waals surface area (Å²) in [7, 11) is 0. The van der Waals surface area contributed by atoms with Crippen molar-refractivity contribution in [2.75, 3.05) is 24.5 Å². The molecule has 5 nitrogen and oxygen atoms in total. The lowest BCUT2D eigenvalue weighted by atomic mass is 10.2. The summed E-state index contributed by atoms with van der Waals surface area (Å²) in [5.74, 6) is 0.711. The number of amides is 1. The molecule has 0 atom stereocenters.